The minimum Gasteiger partial charge on any atom is -0.337 e. The van der Waals surface area contributed by atoms with Gasteiger partial charge in [0.2, 0.25) is 11.8 Å². The lowest BCUT2D eigenvalue weighted by atomic mass is 10.1. The highest BCUT2D eigenvalue weighted by atomic mass is 79.9. The van der Waals surface area contributed by atoms with E-state index in [0.29, 0.717) is 17.6 Å². The Balaban J connectivity index is 1.48. The van der Waals surface area contributed by atoms with Crippen molar-refractivity contribution >= 4 is 21.8 Å². The third-order valence-corrected chi connectivity index (χ3v) is 5.30. The van der Waals surface area contributed by atoms with Crippen LogP contribution in [0.2, 0.25) is 0 Å². The molecule has 2 aliphatic rings. The molecule has 1 aliphatic heterocycles. The number of rotatable bonds is 3. The van der Waals surface area contributed by atoms with Crippen molar-refractivity contribution in [2.24, 2.45) is 5.92 Å². The Bertz CT molecular complexity index is 728. The molecule has 2 heterocycles. The zero-order valence-corrected chi connectivity index (χ0v) is 14.5. The smallest absolute Gasteiger partial charge is 0.249 e. The Hall–Kier alpha value is -1.69. The molecule has 1 amide bonds. The van der Waals surface area contributed by atoms with Crippen molar-refractivity contribution in [3.05, 3.63) is 46.0 Å². The number of amides is 1. The Morgan fingerprint density at radius 1 is 1.35 bits per heavy atom. The molecular weight excluding hydrogens is 358 g/mol. The molecule has 1 saturated heterocycles. The molecule has 0 bridgehead atoms. The zero-order chi connectivity index (χ0) is 16.0. The first-order valence-electron chi connectivity index (χ1n) is 7.99. The molecule has 0 radical (unpaired) electrons. The van der Waals surface area contributed by atoms with Gasteiger partial charge < -0.3 is 9.42 Å². The normalized spacial score (nSPS) is 26.5. The topological polar surface area (TPSA) is 59.2 Å². The van der Waals surface area contributed by atoms with Gasteiger partial charge in [-0.2, -0.15) is 4.98 Å². The third kappa shape index (κ3) is 2.80. The molecule has 0 N–H and O–H groups in total. The maximum atomic E-state index is 12.9. The van der Waals surface area contributed by atoms with E-state index in [4.69, 9.17) is 4.52 Å². The molecular formula is C17H18BrN3O2. The summed E-state index contributed by atoms with van der Waals surface area (Å²) in [7, 11) is 0. The third-order valence-electron chi connectivity index (χ3n) is 4.77. The molecule has 5 nitrogen and oxygen atoms in total. The van der Waals surface area contributed by atoms with Crippen molar-refractivity contribution in [1.82, 2.24) is 15.0 Å². The van der Waals surface area contributed by atoms with Gasteiger partial charge in [-0.15, -0.1) is 0 Å². The number of aryl methyl sites for hydroxylation is 1. The molecule has 4 rings (SSSR count). The largest absolute Gasteiger partial charge is 0.337 e. The highest BCUT2D eigenvalue weighted by Crippen LogP contribution is 2.50. The number of benzene rings is 1. The minimum absolute atomic E-state index is 0.0464. The van der Waals surface area contributed by atoms with E-state index in [0.717, 1.165) is 30.3 Å². The van der Waals surface area contributed by atoms with Crippen LogP contribution >= 0.6 is 15.9 Å². The molecule has 1 unspecified atom stereocenters. The summed E-state index contributed by atoms with van der Waals surface area (Å²) in [6.45, 7) is 2.59. The van der Waals surface area contributed by atoms with Gasteiger partial charge in [0, 0.05) is 16.9 Å². The predicted molar refractivity (Wildman–Crippen MR) is 87.7 cm³/mol. The van der Waals surface area contributed by atoms with Crippen molar-refractivity contribution in [3.63, 3.8) is 0 Å². The Kier molecular flexibility index (Phi) is 3.71. The second-order valence-corrected chi connectivity index (χ2v) is 7.29. The van der Waals surface area contributed by atoms with Crippen LogP contribution in [-0.2, 0) is 4.79 Å². The number of halogens is 1. The van der Waals surface area contributed by atoms with Gasteiger partial charge in [-0.05, 0) is 49.8 Å². The fourth-order valence-electron chi connectivity index (χ4n) is 3.49. The number of likely N-dealkylation sites (tertiary alicyclic amines) is 1. The van der Waals surface area contributed by atoms with Crippen LogP contribution in [0.15, 0.2) is 33.3 Å². The van der Waals surface area contributed by atoms with Crippen LogP contribution in [0.5, 0.6) is 0 Å². The summed E-state index contributed by atoms with van der Waals surface area (Å²) in [6, 6.07) is 8.23. The number of carbonyl (C=O) groups excluding carboxylic acids is 1. The summed E-state index contributed by atoms with van der Waals surface area (Å²) in [5, 5.41) is 3.86. The number of carbonyl (C=O) groups is 1. The van der Waals surface area contributed by atoms with E-state index >= 15 is 0 Å². The van der Waals surface area contributed by atoms with Gasteiger partial charge in [0.15, 0.2) is 5.82 Å². The van der Waals surface area contributed by atoms with Gasteiger partial charge in [-0.1, -0.05) is 33.2 Å². The van der Waals surface area contributed by atoms with Crippen molar-refractivity contribution in [3.8, 4) is 0 Å². The minimum atomic E-state index is -0.0464. The fourth-order valence-corrected chi connectivity index (χ4v) is 3.76. The number of hydrogen-bond acceptors (Lipinski definition) is 4. The van der Waals surface area contributed by atoms with Gasteiger partial charge >= 0.3 is 0 Å². The van der Waals surface area contributed by atoms with E-state index in [1.807, 2.05) is 17.0 Å². The summed E-state index contributed by atoms with van der Waals surface area (Å²) < 4.78 is 6.36. The average molecular weight is 376 g/mol. The lowest BCUT2D eigenvalue weighted by Gasteiger charge is -2.22. The SMILES string of the molecule is Cc1noc(C2CCCN2C(=O)[C@@H]2C[C@H]2c2ccc(Br)cc2)n1. The van der Waals surface area contributed by atoms with Crippen LogP contribution in [0.4, 0.5) is 0 Å². The molecule has 1 aliphatic carbocycles. The first-order valence-corrected chi connectivity index (χ1v) is 8.79. The van der Waals surface area contributed by atoms with Gasteiger partial charge in [-0.25, -0.2) is 0 Å². The van der Waals surface area contributed by atoms with E-state index in [1.54, 1.807) is 6.92 Å². The molecule has 0 spiro atoms. The molecule has 1 aromatic heterocycles. The number of nitrogens with zero attached hydrogens (tertiary/aromatic N) is 3. The second kappa shape index (κ2) is 5.74. The Labute approximate surface area is 143 Å². The lowest BCUT2D eigenvalue weighted by molar-refractivity contribution is -0.134. The Morgan fingerprint density at radius 3 is 2.83 bits per heavy atom. The van der Waals surface area contributed by atoms with Gasteiger partial charge in [0.05, 0.1) is 0 Å². The van der Waals surface area contributed by atoms with Gasteiger partial charge in [-0.3, -0.25) is 4.79 Å². The summed E-state index contributed by atoms with van der Waals surface area (Å²) >= 11 is 3.45. The van der Waals surface area contributed by atoms with Gasteiger partial charge in [0.25, 0.3) is 0 Å². The first kappa shape index (κ1) is 14.9. The maximum Gasteiger partial charge on any atom is 0.249 e. The summed E-state index contributed by atoms with van der Waals surface area (Å²) in [6.07, 6.45) is 2.84. The standard InChI is InChI=1S/C17H18BrN3O2/c1-10-19-16(23-20-10)15-3-2-8-21(15)17(22)14-9-13(14)11-4-6-12(18)7-5-11/h4-7,13-15H,2-3,8-9H2,1H3/t13-,14+,15?/m0/s1. The molecule has 120 valence electrons. The molecule has 2 aromatic rings. The highest BCUT2D eigenvalue weighted by molar-refractivity contribution is 9.10. The molecule has 6 heteroatoms. The summed E-state index contributed by atoms with van der Waals surface area (Å²) in [4.78, 5) is 19.1. The van der Waals surface area contributed by atoms with Crippen LogP contribution in [0.1, 0.15) is 48.5 Å². The lowest BCUT2D eigenvalue weighted by Crippen LogP contribution is -2.32. The maximum absolute atomic E-state index is 12.9. The van der Waals surface area contributed by atoms with E-state index < -0.39 is 0 Å². The van der Waals surface area contributed by atoms with E-state index in [-0.39, 0.29) is 17.9 Å². The van der Waals surface area contributed by atoms with Crippen LogP contribution in [0.25, 0.3) is 0 Å². The van der Waals surface area contributed by atoms with Crippen molar-refractivity contribution < 1.29 is 9.32 Å². The van der Waals surface area contributed by atoms with E-state index in [2.05, 4.69) is 38.2 Å². The average Bonchev–Trinajstić information content (AvgIpc) is 2.98. The summed E-state index contributed by atoms with van der Waals surface area (Å²) in [5.41, 5.74) is 1.25. The fraction of sp³-hybridized carbons (Fsp3) is 0.471. The molecule has 3 atom stereocenters. The van der Waals surface area contributed by atoms with Crippen LogP contribution in [0.3, 0.4) is 0 Å². The first-order chi connectivity index (χ1) is 11.1. The number of aromatic nitrogens is 2. The molecule has 23 heavy (non-hydrogen) atoms. The van der Waals surface area contributed by atoms with E-state index in [9.17, 15) is 4.79 Å². The van der Waals surface area contributed by atoms with Crippen LogP contribution in [-0.4, -0.2) is 27.5 Å². The Morgan fingerprint density at radius 2 is 2.13 bits per heavy atom. The predicted octanol–water partition coefficient (Wildman–Crippen LogP) is 3.61. The second-order valence-electron chi connectivity index (χ2n) is 6.37. The molecule has 1 saturated carbocycles. The number of hydrogen-bond donors (Lipinski definition) is 0. The monoisotopic (exact) mass is 375 g/mol. The molecule has 1 aromatic carbocycles. The quantitative estimate of drug-likeness (QED) is 0.821. The van der Waals surface area contributed by atoms with Crippen LogP contribution in [0, 0.1) is 12.8 Å². The van der Waals surface area contributed by atoms with Crippen molar-refractivity contribution in [2.75, 3.05) is 6.54 Å². The van der Waals surface area contributed by atoms with Crippen molar-refractivity contribution in [2.45, 2.75) is 38.1 Å². The van der Waals surface area contributed by atoms with Crippen molar-refractivity contribution in [1.29, 1.82) is 0 Å². The van der Waals surface area contributed by atoms with Crippen LogP contribution < -0.4 is 0 Å². The zero-order valence-electron chi connectivity index (χ0n) is 12.9. The highest BCUT2D eigenvalue weighted by Gasteiger charge is 2.48. The van der Waals surface area contributed by atoms with E-state index in [1.165, 1.54) is 5.56 Å². The molecule has 2 fully saturated rings. The summed E-state index contributed by atoms with van der Waals surface area (Å²) in [5.74, 6) is 1.88. The van der Waals surface area contributed by atoms with Gasteiger partial charge in [0.1, 0.15) is 6.04 Å².